The molecule has 1 aliphatic rings. The van der Waals surface area contributed by atoms with E-state index < -0.39 is 10.0 Å². The maximum absolute atomic E-state index is 12.7. The Hall–Kier alpha value is -1.18. The Morgan fingerprint density at radius 1 is 1.48 bits per heavy atom. The molecule has 6 nitrogen and oxygen atoms in total. The lowest BCUT2D eigenvalue weighted by Gasteiger charge is -2.27. The van der Waals surface area contributed by atoms with E-state index in [2.05, 4.69) is 10.3 Å². The van der Waals surface area contributed by atoms with Crippen molar-refractivity contribution in [3.05, 3.63) is 18.3 Å². The molecule has 1 aliphatic heterocycles. The van der Waals surface area contributed by atoms with E-state index in [1.54, 1.807) is 25.4 Å². The molecule has 0 spiro atoms. The lowest BCUT2D eigenvalue weighted by molar-refractivity contribution is 0.00859. The van der Waals surface area contributed by atoms with Crippen LogP contribution in [-0.4, -0.2) is 50.6 Å². The molecule has 0 radical (unpaired) electrons. The molecular weight excluding hydrogens is 290 g/mol. The molecular formula is C14H23N3O3S. The number of pyridine rings is 1. The summed E-state index contributed by atoms with van der Waals surface area (Å²) in [5, 5.41) is 2.99. The van der Waals surface area contributed by atoms with Gasteiger partial charge in [-0.05, 0) is 38.3 Å². The van der Waals surface area contributed by atoms with Gasteiger partial charge >= 0.3 is 0 Å². The quantitative estimate of drug-likeness (QED) is 0.865. The van der Waals surface area contributed by atoms with E-state index in [0.717, 1.165) is 19.3 Å². The van der Waals surface area contributed by atoms with Crippen molar-refractivity contribution in [2.75, 3.05) is 32.1 Å². The molecule has 0 saturated carbocycles. The van der Waals surface area contributed by atoms with E-state index in [-0.39, 0.29) is 11.0 Å². The molecule has 1 unspecified atom stereocenters. The van der Waals surface area contributed by atoms with Gasteiger partial charge in [-0.15, -0.1) is 0 Å². The molecule has 0 amide bonds. The molecule has 118 valence electrons. The van der Waals surface area contributed by atoms with E-state index in [9.17, 15) is 8.42 Å². The van der Waals surface area contributed by atoms with Crippen LogP contribution >= 0.6 is 0 Å². The number of nitrogens with one attached hydrogen (secondary N) is 1. The number of anilines is 1. The van der Waals surface area contributed by atoms with Crippen LogP contribution in [0.15, 0.2) is 23.2 Å². The highest BCUT2D eigenvalue weighted by molar-refractivity contribution is 7.89. The van der Waals surface area contributed by atoms with Gasteiger partial charge in [0.2, 0.25) is 10.0 Å². The summed E-state index contributed by atoms with van der Waals surface area (Å²) < 4.78 is 32.4. The molecule has 1 saturated heterocycles. The van der Waals surface area contributed by atoms with Crippen molar-refractivity contribution >= 4 is 15.8 Å². The molecule has 1 atom stereocenters. The van der Waals surface area contributed by atoms with Crippen LogP contribution in [0.5, 0.6) is 0 Å². The van der Waals surface area contributed by atoms with Crippen LogP contribution in [0.1, 0.15) is 26.2 Å². The van der Waals surface area contributed by atoms with Crippen molar-refractivity contribution in [3.63, 3.8) is 0 Å². The zero-order valence-corrected chi connectivity index (χ0v) is 13.4. The first kappa shape index (κ1) is 16.2. The Balaban J connectivity index is 2.16. The number of nitrogens with zero attached hydrogens (tertiary/aromatic N) is 2. The van der Waals surface area contributed by atoms with Crippen LogP contribution in [0, 0.1) is 0 Å². The third kappa shape index (κ3) is 3.93. The summed E-state index contributed by atoms with van der Waals surface area (Å²) in [5.41, 5.74) is 0. The molecule has 1 fully saturated rings. The van der Waals surface area contributed by atoms with Gasteiger partial charge in [0.25, 0.3) is 0 Å². The number of rotatable bonds is 6. The first-order valence-electron chi connectivity index (χ1n) is 7.32. The van der Waals surface area contributed by atoms with E-state index in [0.29, 0.717) is 25.5 Å². The Bertz CT molecular complexity index is 556. The van der Waals surface area contributed by atoms with Crippen molar-refractivity contribution in [1.29, 1.82) is 0 Å². The fourth-order valence-corrected chi connectivity index (χ4v) is 3.72. The first-order valence-corrected chi connectivity index (χ1v) is 8.76. The molecule has 0 aromatic carbocycles. The van der Waals surface area contributed by atoms with E-state index in [1.807, 2.05) is 6.92 Å². The first-order chi connectivity index (χ1) is 10.1. The van der Waals surface area contributed by atoms with Gasteiger partial charge in [0, 0.05) is 32.9 Å². The second-order valence-electron chi connectivity index (χ2n) is 5.15. The van der Waals surface area contributed by atoms with Crippen LogP contribution in [0.2, 0.25) is 0 Å². The van der Waals surface area contributed by atoms with Crippen LogP contribution in [0.3, 0.4) is 0 Å². The molecule has 0 bridgehead atoms. The molecule has 2 rings (SSSR count). The van der Waals surface area contributed by atoms with Gasteiger partial charge in [0.1, 0.15) is 10.7 Å². The number of hydrogen-bond acceptors (Lipinski definition) is 5. The Morgan fingerprint density at radius 2 is 2.29 bits per heavy atom. The van der Waals surface area contributed by atoms with Crippen molar-refractivity contribution < 1.29 is 13.2 Å². The normalized spacial score (nSPS) is 19.7. The number of hydrogen-bond donors (Lipinski definition) is 1. The van der Waals surface area contributed by atoms with Gasteiger partial charge < -0.3 is 10.1 Å². The van der Waals surface area contributed by atoms with Crippen LogP contribution in [-0.2, 0) is 14.8 Å². The summed E-state index contributed by atoms with van der Waals surface area (Å²) in [7, 11) is -1.97. The molecule has 1 N–H and O–H groups in total. The lowest BCUT2D eigenvalue weighted by atomic mass is 10.1. The maximum Gasteiger partial charge on any atom is 0.246 e. The van der Waals surface area contributed by atoms with E-state index >= 15 is 0 Å². The third-order valence-electron chi connectivity index (χ3n) is 3.54. The number of aromatic nitrogens is 1. The summed E-state index contributed by atoms with van der Waals surface area (Å²) in [6.45, 7) is 3.62. The summed E-state index contributed by atoms with van der Waals surface area (Å²) in [6, 6.07) is 3.22. The average molecular weight is 313 g/mol. The second kappa shape index (κ2) is 7.20. The van der Waals surface area contributed by atoms with Gasteiger partial charge in [-0.2, -0.15) is 4.31 Å². The highest BCUT2D eigenvalue weighted by atomic mass is 32.2. The summed E-state index contributed by atoms with van der Waals surface area (Å²) in [4.78, 5) is 4.33. The van der Waals surface area contributed by atoms with Gasteiger partial charge in [-0.25, -0.2) is 13.4 Å². The molecule has 1 aromatic rings. The van der Waals surface area contributed by atoms with Crippen molar-refractivity contribution in [3.8, 4) is 0 Å². The van der Waals surface area contributed by atoms with Gasteiger partial charge in [-0.1, -0.05) is 0 Å². The topological polar surface area (TPSA) is 71.5 Å². The molecule has 1 aromatic heterocycles. The summed E-state index contributed by atoms with van der Waals surface area (Å²) in [5.74, 6) is 0.399. The minimum atomic E-state index is -3.56. The second-order valence-corrected chi connectivity index (χ2v) is 7.17. The van der Waals surface area contributed by atoms with E-state index in [4.69, 9.17) is 4.74 Å². The molecule has 21 heavy (non-hydrogen) atoms. The van der Waals surface area contributed by atoms with Gasteiger partial charge in [-0.3, -0.25) is 0 Å². The number of sulfonamides is 1. The van der Waals surface area contributed by atoms with Gasteiger partial charge in [0.05, 0.1) is 6.10 Å². The Morgan fingerprint density at radius 3 is 2.95 bits per heavy atom. The van der Waals surface area contributed by atoms with E-state index in [1.165, 1.54) is 4.31 Å². The minimum absolute atomic E-state index is 0.0159. The largest absolute Gasteiger partial charge is 0.377 e. The monoisotopic (exact) mass is 313 g/mol. The van der Waals surface area contributed by atoms with Crippen molar-refractivity contribution in [1.82, 2.24) is 9.29 Å². The highest BCUT2D eigenvalue weighted by Gasteiger charge is 2.27. The zero-order valence-electron chi connectivity index (χ0n) is 12.6. The summed E-state index contributed by atoms with van der Waals surface area (Å²) >= 11 is 0. The highest BCUT2D eigenvalue weighted by Crippen LogP contribution is 2.23. The van der Waals surface area contributed by atoms with Crippen LogP contribution in [0.4, 0.5) is 5.82 Å². The summed E-state index contributed by atoms with van der Waals surface area (Å²) in [6.07, 6.45) is 4.63. The van der Waals surface area contributed by atoms with Crippen molar-refractivity contribution in [2.45, 2.75) is 37.2 Å². The lowest BCUT2D eigenvalue weighted by Crippen LogP contribution is -2.37. The fraction of sp³-hybridized carbons (Fsp3) is 0.643. The molecule has 2 heterocycles. The number of likely N-dealkylation sites (N-methyl/N-ethyl adjacent to an activating group) is 1. The maximum atomic E-state index is 12.7. The SMILES string of the molecule is CCNc1ncccc1S(=O)(=O)N(C)CC1CCCCO1. The van der Waals surface area contributed by atoms with Crippen LogP contribution in [0.25, 0.3) is 0 Å². The Labute approximate surface area is 126 Å². The van der Waals surface area contributed by atoms with Crippen LogP contribution < -0.4 is 5.32 Å². The average Bonchev–Trinajstić information content (AvgIpc) is 2.49. The third-order valence-corrected chi connectivity index (χ3v) is 5.39. The predicted octanol–water partition coefficient (Wildman–Crippen LogP) is 1.70. The minimum Gasteiger partial charge on any atom is -0.377 e. The Kier molecular flexibility index (Phi) is 5.55. The number of ether oxygens (including phenoxy) is 1. The molecule has 0 aliphatic carbocycles. The standard InChI is InChI=1S/C14H23N3O3S/c1-3-15-14-13(8-6-9-16-14)21(18,19)17(2)11-12-7-4-5-10-20-12/h6,8-9,12H,3-5,7,10-11H2,1-2H3,(H,15,16). The molecule has 7 heteroatoms. The predicted molar refractivity (Wildman–Crippen MR) is 81.8 cm³/mol. The zero-order chi connectivity index (χ0) is 15.3. The smallest absolute Gasteiger partial charge is 0.246 e. The van der Waals surface area contributed by atoms with Crippen molar-refractivity contribution in [2.24, 2.45) is 0 Å². The fourth-order valence-electron chi connectivity index (χ4n) is 2.40. The van der Waals surface area contributed by atoms with Gasteiger partial charge in [0.15, 0.2) is 0 Å².